The van der Waals surface area contributed by atoms with Gasteiger partial charge in [-0.05, 0) is 54.9 Å². The first-order chi connectivity index (χ1) is 11.1. The quantitative estimate of drug-likeness (QED) is 0.482. The standard InChI is InChI=1S/C18H34N2O4/c1-11(6-14(20)7-16(21)22)4-5-15-13(3)12(2)8-18(15,10-19)9-17(23)24/h11-15H,4-10,19-20H2,1-3H3,(H,21,22)(H,23,24)/t11-,12+,13-,14?,15?,18?/m1/s1. The lowest BCUT2D eigenvalue weighted by Gasteiger charge is -2.35. The van der Waals surface area contributed by atoms with Crippen LogP contribution < -0.4 is 11.5 Å². The molecule has 3 unspecified atom stereocenters. The molecule has 0 aromatic carbocycles. The molecule has 6 nitrogen and oxygen atoms in total. The van der Waals surface area contributed by atoms with Crippen molar-refractivity contribution in [3.05, 3.63) is 0 Å². The second-order valence-corrected chi connectivity index (χ2v) is 8.06. The molecular formula is C18H34N2O4. The van der Waals surface area contributed by atoms with Gasteiger partial charge < -0.3 is 21.7 Å². The topological polar surface area (TPSA) is 127 Å². The minimum Gasteiger partial charge on any atom is -0.481 e. The molecule has 0 aromatic rings. The molecule has 1 fully saturated rings. The maximum atomic E-state index is 11.3. The molecule has 0 radical (unpaired) electrons. The van der Waals surface area contributed by atoms with Crippen LogP contribution >= 0.6 is 0 Å². The first-order valence-electron chi connectivity index (χ1n) is 9.00. The summed E-state index contributed by atoms with van der Waals surface area (Å²) in [5.74, 6) is -0.0930. The summed E-state index contributed by atoms with van der Waals surface area (Å²) in [7, 11) is 0. The predicted octanol–water partition coefficient (Wildman–Crippen LogP) is 2.31. The number of nitrogens with two attached hydrogens (primary N) is 2. The van der Waals surface area contributed by atoms with Gasteiger partial charge in [0.05, 0.1) is 12.8 Å². The van der Waals surface area contributed by atoms with Crippen LogP contribution in [0.15, 0.2) is 0 Å². The molecule has 0 heterocycles. The van der Waals surface area contributed by atoms with Gasteiger partial charge in [0.25, 0.3) is 0 Å². The Kier molecular flexibility index (Phi) is 7.67. The lowest BCUT2D eigenvalue weighted by atomic mass is 9.70. The second-order valence-electron chi connectivity index (χ2n) is 8.06. The van der Waals surface area contributed by atoms with Gasteiger partial charge in [-0.25, -0.2) is 0 Å². The van der Waals surface area contributed by atoms with Crippen LogP contribution in [0.25, 0.3) is 0 Å². The average Bonchev–Trinajstić information content (AvgIpc) is 2.67. The van der Waals surface area contributed by atoms with E-state index in [1.807, 2.05) is 0 Å². The fourth-order valence-electron chi connectivity index (χ4n) is 4.72. The van der Waals surface area contributed by atoms with Crippen LogP contribution in [0.2, 0.25) is 0 Å². The van der Waals surface area contributed by atoms with Crippen molar-refractivity contribution in [1.29, 1.82) is 0 Å². The smallest absolute Gasteiger partial charge is 0.304 e. The summed E-state index contributed by atoms with van der Waals surface area (Å²) >= 11 is 0. The van der Waals surface area contributed by atoms with Gasteiger partial charge in [-0.3, -0.25) is 9.59 Å². The van der Waals surface area contributed by atoms with Gasteiger partial charge in [-0.2, -0.15) is 0 Å². The molecule has 1 saturated carbocycles. The van der Waals surface area contributed by atoms with Crippen molar-refractivity contribution in [3.63, 3.8) is 0 Å². The Balaban J connectivity index is 2.68. The highest BCUT2D eigenvalue weighted by Gasteiger charge is 2.49. The third kappa shape index (κ3) is 5.45. The largest absolute Gasteiger partial charge is 0.481 e. The van der Waals surface area contributed by atoms with Crippen LogP contribution in [-0.4, -0.2) is 34.7 Å². The molecule has 0 aliphatic heterocycles. The zero-order valence-corrected chi connectivity index (χ0v) is 15.2. The molecule has 1 aliphatic carbocycles. The summed E-state index contributed by atoms with van der Waals surface area (Å²) in [4.78, 5) is 22.1. The zero-order valence-electron chi connectivity index (χ0n) is 15.2. The SMILES string of the molecule is C[C@H](CCC1[C@H](C)[C@@H](C)CC1(CN)CC(=O)O)CC(N)CC(=O)O. The van der Waals surface area contributed by atoms with E-state index in [4.69, 9.17) is 16.6 Å². The molecule has 140 valence electrons. The van der Waals surface area contributed by atoms with E-state index in [-0.39, 0.29) is 24.3 Å². The summed E-state index contributed by atoms with van der Waals surface area (Å²) in [6.45, 7) is 6.89. The van der Waals surface area contributed by atoms with Crippen LogP contribution in [0.4, 0.5) is 0 Å². The monoisotopic (exact) mass is 342 g/mol. The molecule has 1 rings (SSSR count). The molecule has 0 saturated heterocycles. The summed E-state index contributed by atoms with van der Waals surface area (Å²) in [6.07, 6.45) is 3.53. The van der Waals surface area contributed by atoms with Crippen molar-refractivity contribution in [2.45, 2.75) is 65.3 Å². The normalized spacial score (nSPS) is 32.5. The summed E-state index contributed by atoms with van der Waals surface area (Å²) in [5.41, 5.74) is 11.6. The predicted molar refractivity (Wildman–Crippen MR) is 93.4 cm³/mol. The van der Waals surface area contributed by atoms with Crippen molar-refractivity contribution in [2.24, 2.45) is 40.6 Å². The molecule has 6 heteroatoms. The number of rotatable bonds is 10. The Morgan fingerprint density at radius 1 is 1.25 bits per heavy atom. The number of hydrogen-bond donors (Lipinski definition) is 4. The van der Waals surface area contributed by atoms with E-state index >= 15 is 0 Å². The third-order valence-corrected chi connectivity index (χ3v) is 6.07. The molecule has 6 atom stereocenters. The molecule has 24 heavy (non-hydrogen) atoms. The lowest BCUT2D eigenvalue weighted by molar-refractivity contribution is -0.140. The van der Waals surface area contributed by atoms with Crippen LogP contribution in [0, 0.1) is 29.1 Å². The van der Waals surface area contributed by atoms with Crippen molar-refractivity contribution >= 4 is 11.9 Å². The molecule has 0 spiro atoms. The second kappa shape index (κ2) is 8.81. The first-order valence-corrected chi connectivity index (χ1v) is 9.00. The molecule has 1 aliphatic rings. The minimum absolute atomic E-state index is 0.00699. The summed E-state index contributed by atoms with van der Waals surface area (Å²) < 4.78 is 0. The molecule has 0 amide bonds. The highest BCUT2D eigenvalue weighted by molar-refractivity contribution is 5.68. The highest BCUT2D eigenvalue weighted by Crippen LogP contribution is 2.53. The van der Waals surface area contributed by atoms with Gasteiger partial charge in [-0.15, -0.1) is 0 Å². The summed E-state index contributed by atoms with van der Waals surface area (Å²) in [5, 5.41) is 18.1. The minimum atomic E-state index is -0.864. The van der Waals surface area contributed by atoms with Crippen LogP contribution in [0.1, 0.15) is 59.3 Å². The molecular weight excluding hydrogens is 308 g/mol. The van der Waals surface area contributed by atoms with Gasteiger partial charge in [0.2, 0.25) is 0 Å². The van der Waals surface area contributed by atoms with Gasteiger partial charge in [-0.1, -0.05) is 27.2 Å². The molecule has 0 aromatic heterocycles. The third-order valence-electron chi connectivity index (χ3n) is 6.07. The van der Waals surface area contributed by atoms with E-state index in [0.29, 0.717) is 36.6 Å². The zero-order chi connectivity index (χ0) is 18.5. The van der Waals surface area contributed by atoms with E-state index < -0.39 is 11.9 Å². The van der Waals surface area contributed by atoms with Crippen molar-refractivity contribution < 1.29 is 19.8 Å². The Morgan fingerprint density at radius 2 is 1.88 bits per heavy atom. The maximum Gasteiger partial charge on any atom is 0.304 e. The van der Waals surface area contributed by atoms with Crippen LogP contribution in [-0.2, 0) is 9.59 Å². The fraction of sp³-hybridized carbons (Fsp3) is 0.889. The van der Waals surface area contributed by atoms with E-state index in [0.717, 1.165) is 19.3 Å². The van der Waals surface area contributed by atoms with Gasteiger partial charge in [0, 0.05) is 6.04 Å². The maximum absolute atomic E-state index is 11.3. The average molecular weight is 342 g/mol. The number of carboxylic acids is 2. The Morgan fingerprint density at radius 3 is 2.38 bits per heavy atom. The van der Waals surface area contributed by atoms with Gasteiger partial charge >= 0.3 is 11.9 Å². The highest BCUT2D eigenvalue weighted by atomic mass is 16.4. The van der Waals surface area contributed by atoms with Crippen molar-refractivity contribution in [1.82, 2.24) is 0 Å². The number of carboxylic acid groups (broad SMARTS) is 2. The van der Waals surface area contributed by atoms with Crippen molar-refractivity contribution in [2.75, 3.05) is 6.54 Å². The Labute approximate surface area is 145 Å². The van der Waals surface area contributed by atoms with E-state index in [1.165, 1.54) is 0 Å². The van der Waals surface area contributed by atoms with Gasteiger partial charge in [0.15, 0.2) is 0 Å². The van der Waals surface area contributed by atoms with Crippen LogP contribution in [0.5, 0.6) is 0 Å². The Bertz CT molecular complexity index is 443. The van der Waals surface area contributed by atoms with E-state index in [2.05, 4.69) is 20.8 Å². The van der Waals surface area contributed by atoms with Gasteiger partial charge in [0.1, 0.15) is 0 Å². The Hall–Kier alpha value is -1.14. The summed E-state index contributed by atoms with van der Waals surface area (Å²) in [6, 6.07) is -0.323. The van der Waals surface area contributed by atoms with E-state index in [9.17, 15) is 14.7 Å². The first kappa shape index (κ1) is 20.9. The molecule has 0 bridgehead atoms. The number of aliphatic carboxylic acids is 2. The number of hydrogen-bond acceptors (Lipinski definition) is 4. The molecule has 6 N–H and O–H groups in total. The number of carbonyl (C=O) groups is 2. The fourth-order valence-corrected chi connectivity index (χ4v) is 4.72. The van der Waals surface area contributed by atoms with Crippen molar-refractivity contribution in [3.8, 4) is 0 Å². The van der Waals surface area contributed by atoms with E-state index in [1.54, 1.807) is 0 Å². The van der Waals surface area contributed by atoms with Crippen LogP contribution in [0.3, 0.4) is 0 Å². The lowest BCUT2D eigenvalue weighted by Crippen LogP contribution is -2.38.